The Morgan fingerprint density at radius 2 is 0.984 bits per heavy atom. The number of carbonyl (C=O) groups excluding carboxylic acids is 1. The second kappa shape index (κ2) is 36.8. The van der Waals surface area contributed by atoms with Crippen LogP contribution >= 0.6 is 0 Å². The molecule has 2 fully saturated rings. The Labute approximate surface area is 380 Å². The fourth-order valence-electron chi connectivity index (χ4n) is 8.53. The Balaban J connectivity index is 1.86. The number of unbranched alkanes of at least 4 members (excludes halogenated alkanes) is 26. The molecule has 14 heteroatoms. The van der Waals surface area contributed by atoms with Crippen LogP contribution < -0.4 is 5.32 Å². The Bertz CT molecular complexity index is 1120. The van der Waals surface area contributed by atoms with Crippen molar-refractivity contribution in [2.24, 2.45) is 0 Å². The highest BCUT2D eigenvalue weighted by molar-refractivity contribution is 5.76. The minimum Gasteiger partial charge on any atom is -0.394 e. The van der Waals surface area contributed by atoms with Crippen LogP contribution in [0.5, 0.6) is 0 Å². The summed E-state index contributed by atoms with van der Waals surface area (Å²) in [5.41, 5.74) is 0. The molecule has 63 heavy (non-hydrogen) atoms. The first kappa shape index (κ1) is 57.9. The number of ether oxygens (including phenoxy) is 4. The van der Waals surface area contributed by atoms with Gasteiger partial charge in [-0.25, -0.2) is 0 Å². The number of aliphatic hydroxyl groups excluding tert-OH is 8. The number of amides is 1. The van der Waals surface area contributed by atoms with Gasteiger partial charge in [-0.15, -0.1) is 0 Å². The van der Waals surface area contributed by atoms with E-state index in [4.69, 9.17) is 18.9 Å². The van der Waals surface area contributed by atoms with E-state index in [0.29, 0.717) is 6.42 Å². The summed E-state index contributed by atoms with van der Waals surface area (Å²) in [5.74, 6) is -0.238. The van der Waals surface area contributed by atoms with Crippen LogP contribution in [0.1, 0.15) is 200 Å². The molecule has 0 aromatic heterocycles. The van der Waals surface area contributed by atoms with Gasteiger partial charge in [-0.3, -0.25) is 4.79 Å². The number of carbonyl (C=O) groups is 1. The summed E-state index contributed by atoms with van der Waals surface area (Å²) >= 11 is 0. The van der Waals surface area contributed by atoms with Crippen molar-refractivity contribution in [3.63, 3.8) is 0 Å². The lowest BCUT2D eigenvalue weighted by molar-refractivity contribution is -0.359. The minimum atomic E-state index is -1.78. The zero-order chi connectivity index (χ0) is 46.1. The molecule has 0 aliphatic carbocycles. The number of nitrogens with one attached hydrogen (secondary N) is 1. The zero-order valence-electron chi connectivity index (χ0n) is 39.3. The van der Waals surface area contributed by atoms with Gasteiger partial charge in [0, 0.05) is 6.42 Å². The van der Waals surface area contributed by atoms with E-state index in [0.717, 1.165) is 38.5 Å². The maximum atomic E-state index is 13.1. The van der Waals surface area contributed by atoms with Crippen molar-refractivity contribution >= 4 is 5.91 Å². The second-order valence-corrected chi connectivity index (χ2v) is 18.3. The molecule has 0 aromatic carbocycles. The highest BCUT2D eigenvalue weighted by atomic mass is 16.7. The Morgan fingerprint density at radius 3 is 1.46 bits per heavy atom. The molecule has 12 unspecified atom stereocenters. The van der Waals surface area contributed by atoms with E-state index >= 15 is 0 Å². The van der Waals surface area contributed by atoms with E-state index < -0.39 is 86.8 Å². The molecule has 1 amide bonds. The van der Waals surface area contributed by atoms with Crippen molar-refractivity contribution < 1.29 is 64.6 Å². The first-order chi connectivity index (χ1) is 30.6. The van der Waals surface area contributed by atoms with E-state index in [-0.39, 0.29) is 18.9 Å². The normalized spacial score (nSPS) is 27.5. The first-order valence-corrected chi connectivity index (χ1v) is 25.4. The van der Waals surface area contributed by atoms with Crippen LogP contribution in [0.4, 0.5) is 0 Å². The molecule has 2 saturated heterocycles. The van der Waals surface area contributed by atoms with E-state index in [2.05, 4.69) is 19.2 Å². The lowest BCUT2D eigenvalue weighted by Crippen LogP contribution is -2.65. The first-order valence-electron chi connectivity index (χ1n) is 25.4. The highest BCUT2D eigenvalue weighted by Crippen LogP contribution is 2.30. The molecule has 14 nitrogen and oxygen atoms in total. The molecule has 0 spiro atoms. The van der Waals surface area contributed by atoms with Gasteiger partial charge in [0.1, 0.15) is 48.8 Å². The fraction of sp³-hybridized carbons (Fsp3) is 0.939. The molecule has 0 bridgehead atoms. The van der Waals surface area contributed by atoms with E-state index in [1.165, 1.54) is 135 Å². The van der Waals surface area contributed by atoms with Gasteiger partial charge in [0.25, 0.3) is 0 Å². The van der Waals surface area contributed by atoms with Crippen molar-refractivity contribution in [1.82, 2.24) is 5.32 Å². The molecule has 2 heterocycles. The monoisotopic (exact) mass is 904 g/mol. The van der Waals surface area contributed by atoms with Crippen molar-refractivity contribution in [1.29, 1.82) is 0 Å². The second-order valence-electron chi connectivity index (χ2n) is 18.3. The van der Waals surface area contributed by atoms with Gasteiger partial charge < -0.3 is 65.1 Å². The molecular weight excluding hydrogens is 811 g/mol. The van der Waals surface area contributed by atoms with Gasteiger partial charge in [0.05, 0.1) is 32.0 Å². The highest BCUT2D eigenvalue weighted by Gasteiger charge is 2.51. The average molecular weight is 904 g/mol. The van der Waals surface area contributed by atoms with Crippen molar-refractivity contribution in [3.05, 3.63) is 12.2 Å². The maximum absolute atomic E-state index is 13.1. The summed E-state index contributed by atoms with van der Waals surface area (Å²) in [6.07, 6.45) is 21.0. The molecule has 2 aliphatic rings. The molecule has 2 rings (SSSR count). The molecule has 0 radical (unpaired) electrons. The summed E-state index contributed by atoms with van der Waals surface area (Å²) in [5, 5.41) is 86.7. The number of aliphatic hydroxyl groups is 8. The Hall–Kier alpha value is -1.27. The van der Waals surface area contributed by atoms with Gasteiger partial charge in [-0.1, -0.05) is 187 Å². The molecule has 9 N–H and O–H groups in total. The zero-order valence-corrected chi connectivity index (χ0v) is 39.3. The summed E-state index contributed by atoms with van der Waals surface area (Å²) in [4.78, 5) is 13.1. The number of rotatable bonds is 39. The van der Waals surface area contributed by atoms with Crippen LogP contribution in [0.15, 0.2) is 12.2 Å². The predicted octanol–water partition coefficient (Wildman–Crippen LogP) is 6.38. The molecule has 2 aliphatic heterocycles. The predicted molar refractivity (Wildman–Crippen MR) is 245 cm³/mol. The summed E-state index contributed by atoms with van der Waals surface area (Å²) in [6, 6.07) is -0.907. The summed E-state index contributed by atoms with van der Waals surface area (Å²) in [7, 11) is 0. The maximum Gasteiger partial charge on any atom is 0.220 e. The summed E-state index contributed by atoms with van der Waals surface area (Å²) < 4.78 is 22.7. The van der Waals surface area contributed by atoms with Gasteiger partial charge >= 0.3 is 0 Å². The standard InChI is InChI=1S/C49H93NO13/c1-3-5-7-9-11-13-15-17-18-19-21-22-24-26-28-30-32-38(53)37(50-41(54)33-31-29-27-25-23-20-16-14-12-10-8-6-4-2)36-60-48-46(59)44(57)47(40(35-52)62-48)63-49-45(58)43(56)42(55)39(34-51)61-49/h30,32,37-40,42-49,51-53,55-59H,3-29,31,33-36H2,1-2H3,(H,50,54)/b32-30+. The summed E-state index contributed by atoms with van der Waals surface area (Å²) in [6.45, 7) is 2.79. The number of hydrogen-bond acceptors (Lipinski definition) is 13. The van der Waals surface area contributed by atoms with Crippen molar-refractivity contribution in [2.75, 3.05) is 19.8 Å². The van der Waals surface area contributed by atoms with Gasteiger partial charge in [0.2, 0.25) is 5.91 Å². The smallest absolute Gasteiger partial charge is 0.220 e. The van der Waals surface area contributed by atoms with Gasteiger partial charge in [-0.05, 0) is 19.3 Å². The van der Waals surface area contributed by atoms with Crippen LogP contribution in [0, 0.1) is 0 Å². The topological polar surface area (TPSA) is 228 Å². The molecule has 12 atom stereocenters. The molecule has 372 valence electrons. The van der Waals surface area contributed by atoms with E-state index in [1.807, 2.05) is 6.08 Å². The van der Waals surface area contributed by atoms with Crippen molar-refractivity contribution in [2.45, 2.75) is 274 Å². The SMILES string of the molecule is CCCCCCCCCCCCCCCC/C=C/C(O)C(COC1OC(CO)C(OC2OC(CO)C(O)C(O)C2O)C(O)C1O)NC(=O)CCCCCCCCCCCCCCC. The third-order valence-corrected chi connectivity index (χ3v) is 12.7. The minimum absolute atomic E-state index is 0.238. The van der Waals surface area contributed by atoms with Gasteiger partial charge in [0.15, 0.2) is 12.6 Å². The van der Waals surface area contributed by atoms with Gasteiger partial charge in [-0.2, -0.15) is 0 Å². The average Bonchev–Trinajstić information content (AvgIpc) is 3.28. The number of hydrogen-bond donors (Lipinski definition) is 9. The number of allylic oxidation sites excluding steroid dienone is 1. The molecule has 0 aromatic rings. The Kier molecular flexibility index (Phi) is 33.8. The largest absolute Gasteiger partial charge is 0.394 e. The van der Waals surface area contributed by atoms with E-state index in [1.54, 1.807) is 6.08 Å². The third-order valence-electron chi connectivity index (χ3n) is 12.7. The van der Waals surface area contributed by atoms with Crippen LogP contribution in [-0.4, -0.2) is 140 Å². The lowest BCUT2D eigenvalue weighted by Gasteiger charge is -2.46. The van der Waals surface area contributed by atoms with Crippen LogP contribution in [0.25, 0.3) is 0 Å². The van der Waals surface area contributed by atoms with Crippen LogP contribution in [-0.2, 0) is 23.7 Å². The van der Waals surface area contributed by atoms with Crippen molar-refractivity contribution in [3.8, 4) is 0 Å². The Morgan fingerprint density at radius 1 is 0.556 bits per heavy atom. The van der Waals surface area contributed by atoms with Crippen LogP contribution in [0.3, 0.4) is 0 Å². The fourth-order valence-corrected chi connectivity index (χ4v) is 8.53. The third kappa shape index (κ3) is 24.4. The molecule has 0 saturated carbocycles. The van der Waals surface area contributed by atoms with Crippen LogP contribution in [0.2, 0.25) is 0 Å². The quantitative estimate of drug-likeness (QED) is 0.0241. The molecular formula is C49H93NO13. The lowest BCUT2D eigenvalue weighted by atomic mass is 9.97. The van der Waals surface area contributed by atoms with E-state index in [9.17, 15) is 45.6 Å².